The predicted molar refractivity (Wildman–Crippen MR) is 86.2 cm³/mol. The van der Waals surface area contributed by atoms with Crippen molar-refractivity contribution in [2.45, 2.75) is 32.4 Å². The van der Waals surface area contributed by atoms with Gasteiger partial charge in [0.25, 0.3) is 5.91 Å². The predicted octanol–water partition coefficient (Wildman–Crippen LogP) is 2.74. The van der Waals surface area contributed by atoms with Crippen LogP contribution in [0.2, 0.25) is 0 Å². The van der Waals surface area contributed by atoms with Crippen LogP contribution >= 0.6 is 11.3 Å². The minimum Gasteiger partial charge on any atom is -0.349 e. The van der Waals surface area contributed by atoms with E-state index < -0.39 is 0 Å². The zero-order chi connectivity index (χ0) is 15.1. The summed E-state index contributed by atoms with van der Waals surface area (Å²) < 4.78 is 1.86. The molecule has 0 radical (unpaired) electrons. The average molecular weight is 312 g/mol. The zero-order valence-corrected chi connectivity index (χ0v) is 13.1. The van der Waals surface area contributed by atoms with Crippen molar-refractivity contribution in [2.24, 2.45) is 0 Å². The summed E-state index contributed by atoms with van der Waals surface area (Å²) in [5, 5.41) is 10.3. The minimum atomic E-state index is -0.0197. The molecular weight excluding hydrogens is 296 g/mol. The van der Waals surface area contributed by atoms with Gasteiger partial charge in [-0.25, -0.2) is 9.67 Å². The van der Waals surface area contributed by atoms with Crippen LogP contribution in [0.1, 0.15) is 33.8 Å². The van der Waals surface area contributed by atoms with Crippen LogP contribution in [0.5, 0.6) is 0 Å². The quantitative estimate of drug-likeness (QED) is 0.806. The lowest BCUT2D eigenvalue weighted by molar-refractivity contribution is 0.0952. The number of hydrogen-bond acceptors (Lipinski definition) is 4. The van der Waals surface area contributed by atoms with Crippen LogP contribution in [0.25, 0.3) is 11.0 Å². The van der Waals surface area contributed by atoms with Gasteiger partial charge in [0.2, 0.25) is 0 Å². The second kappa shape index (κ2) is 5.21. The highest BCUT2D eigenvalue weighted by molar-refractivity contribution is 7.09. The second-order valence-corrected chi connectivity index (χ2v) is 6.71. The molecule has 0 saturated heterocycles. The maximum Gasteiger partial charge on any atom is 0.252 e. The van der Waals surface area contributed by atoms with Crippen molar-refractivity contribution in [2.75, 3.05) is 0 Å². The van der Waals surface area contributed by atoms with E-state index in [0.717, 1.165) is 29.6 Å². The third-order valence-electron chi connectivity index (χ3n) is 3.78. The maximum atomic E-state index is 12.4. The molecule has 1 aliphatic rings. The van der Waals surface area contributed by atoms with Gasteiger partial charge >= 0.3 is 0 Å². The van der Waals surface area contributed by atoms with Crippen LogP contribution in [0, 0.1) is 6.92 Å². The lowest BCUT2D eigenvalue weighted by atomic mass is 10.1. The Morgan fingerprint density at radius 2 is 2.36 bits per heavy atom. The van der Waals surface area contributed by atoms with Crippen LogP contribution in [0.3, 0.4) is 0 Å². The van der Waals surface area contributed by atoms with E-state index in [1.807, 2.05) is 29.1 Å². The van der Waals surface area contributed by atoms with Crippen molar-refractivity contribution in [1.29, 1.82) is 0 Å². The van der Waals surface area contributed by atoms with Gasteiger partial charge in [-0.05, 0) is 37.3 Å². The lowest BCUT2D eigenvalue weighted by Gasteiger charge is -2.07. The van der Waals surface area contributed by atoms with Crippen molar-refractivity contribution >= 4 is 28.3 Å². The molecule has 1 N–H and O–H groups in total. The Balaban J connectivity index is 1.74. The number of carbonyl (C=O) groups is 1. The van der Waals surface area contributed by atoms with E-state index in [0.29, 0.717) is 18.2 Å². The van der Waals surface area contributed by atoms with E-state index in [2.05, 4.69) is 21.5 Å². The number of aromatic nitrogens is 3. The van der Waals surface area contributed by atoms with Crippen molar-refractivity contribution in [3.63, 3.8) is 0 Å². The summed E-state index contributed by atoms with van der Waals surface area (Å²) in [6, 6.07) is 6.29. The molecule has 1 aliphatic carbocycles. The lowest BCUT2D eigenvalue weighted by Crippen LogP contribution is -2.25. The molecule has 5 nitrogen and oxygen atoms in total. The van der Waals surface area contributed by atoms with Crippen molar-refractivity contribution in [3.8, 4) is 0 Å². The third-order valence-corrected chi connectivity index (χ3v) is 4.64. The minimum absolute atomic E-state index is 0.0197. The van der Waals surface area contributed by atoms with E-state index in [-0.39, 0.29) is 5.91 Å². The first-order chi connectivity index (χ1) is 10.7. The fourth-order valence-corrected chi connectivity index (χ4v) is 3.20. The molecule has 0 unspecified atom stereocenters. The summed E-state index contributed by atoms with van der Waals surface area (Å²) in [5.74, 6) is -0.0197. The first-order valence-electron chi connectivity index (χ1n) is 7.37. The van der Waals surface area contributed by atoms with Gasteiger partial charge in [0.05, 0.1) is 23.7 Å². The number of nitrogens with zero attached hydrogens (tertiary/aromatic N) is 3. The number of nitrogens with one attached hydrogen (secondary N) is 1. The van der Waals surface area contributed by atoms with Gasteiger partial charge in [0, 0.05) is 16.6 Å². The van der Waals surface area contributed by atoms with Crippen LogP contribution < -0.4 is 5.32 Å². The van der Waals surface area contributed by atoms with Gasteiger partial charge in [0.15, 0.2) is 5.65 Å². The van der Waals surface area contributed by atoms with E-state index in [1.165, 1.54) is 4.88 Å². The van der Waals surface area contributed by atoms with E-state index in [1.54, 1.807) is 17.5 Å². The summed E-state index contributed by atoms with van der Waals surface area (Å²) in [7, 11) is 0. The number of carbonyl (C=O) groups excluding carboxylic acids is 1. The van der Waals surface area contributed by atoms with E-state index in [9.17, 15) is 4.79 Å². The molecule has 1 amide bonds. The van der Waals surface area contributed by atoms with Gasteiger partial charge in [-0.1, -0.05) is 6.07 Å². The Kier molecular flexibility index (Phi) is 3.18. The van der Waals surface area contributed by atoms with Crippen LogP contribution in [-0.2, 0) is 6.54 Å². The Labute approximate surface area is 132 Å². The highest BCUT2D eigenvalue weighted by atomic mass is 32.1. The smallest absolute Gasteiger partial charge is 0.252 e. The molecule has 4 rings (SSSR count). The summed E-state index contributed by atoms with van der Waals surface area (Å²) >= 11 is 1.69. The van der Waals surface area contributed by atoms with Gasteiger partial charge in [-0.15, -0.1) is 11.3 Å². The molecule has 0 aromatic carbocycles. The molecule has 3 heterocycles. The molecule has 3 aromatic heterocycles. The highest BCUT2D eigenvalue weighted by Gasteiger charge is 2.25. The first kappa shape index (κ1) is 13.5. The molecule has 0 spiro atoms. The molecule has 1 saturated carbocycles. The molecule has 0 atom stereocenters. The van der Waals surface area contributed by atoms with E-state index in [4.69, 9.17) is 0 Å². The summed E-state index contributed by atoms with van der Waals surface area (Å²) in [6.45, 7) is 2.59. The molecule has 0 bridgehead atoms. The fraction of sp³-hybridized carbons (Fsp3) is 0.312. The molecular formula is C16H16N4OS. The van der Waals surface area contributed by atoms with Crippen molar-refractivity contribution < 1.29 is 4.79 Å². The largest absolute Gasteiger partial charge is 0.349 e. The molecule has 3 aromatic rings. The monoisotopic (exact) mass is 312 g/mol. The fourth-order valence-electron chi connectivity index (χ4n) is 2.52. The summed E-state index contributed by atoms with van der Waals surface area (Å²) in [4.78, 5) is 18.2. The van der Waals surface area contributed by atoms with Gasteiger partial charge in [-0.2, -0.15) is 5.10 Å². The van der Waals surface area contributed by atoms with Crippen molar-refractivity contribution in [1.82, 2.24) is 20.1 Å². The average Bonchev–Trinajstić information content (AvgIpc) is 3.00. The Morgan fingerprint density at radius 3 is 3.09 bits per heavy atom. The number of fused-ring (bicyclic) bond motifs is 1. The number of amides is 1. The topological polar surface area (TPSA) is 59.8 Å². The first-order valence-corrected chi connectivity index (χ1v) is 8.25. The molecule has 1 fully saturated rings. The molecule has 22 heavy (non-hydrogen) atoms. The third kappa shape index (κ3) is 2.50. The number of pyridine rings is 1. The number of rotatable bonds is 4. The zero-order valence-electron chi connectivity index (χ0n) is 12.2. The summed E-state index contributed by atoms with van der Waals surface area (Å²) in [5.41, 5.74) is 2.28. The maximum absolute atomic E-state index is 12.4. The molecule has 6 heteroatoms. The number of aryl methyl sites for hydroxylation is 1. The van der Waals surface area contributed by atoms with Crippen LogP contribution in [0.4, 0.5) is 0 Å². The number of thiophene rings is 1. The Bertz CT molecular complexity index is 833. The number of hydrogen-bond donors (Lipinski definition) is 1. The van der Waals surface area contributed by atoms with Crippen molar-refractivity contribution in [3.05, 3.63) is 45.9 Å². The standard InChI is InChI=1S/C16H16N4OS/c1-10-7-13(16(21)19-11-4-5-11)14-8-17-20(15(14)18-10)9-12-3-2-6-22-12/h2-3,6-8,11H,4-5,9H2,1H3,(H,19,21). The van der Waals surface area contributed by atoms with Crippen LogP contribution in [-0.4, -0.2) is 26.7 Å². The Hall–Kier alpha value is -2.21. The molecule has 0 aliphatic heterocycles. The van der Waals surface area contributed by atoms with Gasteiger partial charge in [-0.3, -0.25) is 4.79 Å². The molecule has 112 valence electrons. The van der Waals surface area contributed by atoms with Crippen LogP contribution in [0.15, 0.2) is 29.8 Å². The van der Waals surface area contributed by atoms with Gasteiger partial charge in [0.1, 0.15) is 0 Å². The SMILES string of the molecule is Cc1cc(C(=O)NC2CC2)c2cnn(Cc3cccs3)c2n1. The van der Waals surface area contributed by atoms with E-state index >= 15 is 0 Å². The normalized spacial score (nSPS) is 14.4. The summed E-state index contributed by atoms with van der Waals surface area (Å²) in [6.07, 6.45) is 3.91. The highest BCUT2D eigenvalue weighted by Crippen LogP contribution is 2.23. The Morgan fingerprint density at radius 1 is 1.50 bits per heavy atom. The second-order valence-electron chi connectivity index (χ2n) is 5.68. The van der Waals surface area contributed by atoms with Gasteiger partial charge < -0.3 is 5.32 Å².